The van der Waals surface area contributed by atoms with E-state index in [2.05, 4.69) is 25.0 Å². The Morgan fingerprint density at radius 2 is 2.24 bits per heavy atom. The van der Waals surface area contributed by atoms with Crippen LogP contribution in [-0.2, 0) is 9.53 Å². The Hall–Kier alpha value is -1.30. The second-order valence-electron chi connectivity index (χ2n) is 5.24. The molecule has 1 saturated heterocycles. The van der Waals surface area contributed by atoms with Crippen molar-refractivity contribution in [1.29, 1.82) is 0 Å². The first-order chi connectivity index (χ1) is 7.81. The number of amides is 1. The fourth-order valence-electron chi connectivity index (χ4n) is 2.25. The SMILES string of the molecule is C=CCOC(=O)NC1(C(=O)O)CC[Si](C)(C)C1. The predicted octanol–water partition coefficient (Wildman–Crippen LogP) is 1.83. The van der Waals surface area contributed by atoms with Crippen LogP contribution in [0.5, 0.6) is 0 Å². The van der Waals surface area contributed by atoms with Gasteiger partial charge in [0.1, 0.15) is 12.1 Å². The minimum Gasteiger partial charge on any atom is -0.480 e. The van der Waals surface area contributed by atoms with E-state index in [4.69, 9.17) is 4.74 Å². The molecule has 1 rings (SSSR count). The monoisotopic (exact) mass is 257 g/mol. The van der Waals surface area contributed by atoms with E-state index in [1.807, 2.05) is 0 Å². The van der Waals surface area contributed by atoms with Crippen LogP contribution < -0.4 is 5.32 Å². The van der Waals surface area contributed by atoms with Gasteiger partial charge in [0.05, 0.1) is 8.07 Å². The first-order valence-electron chi connectivity index (χ1n) is 5.61. The van der Waals surface area contributed by atoms with Gasteiger partial charge in [-0.1, -0.05) is 31.8 Å². The Labute approximate surface area is 102 Å². The van der Waals surface area contributed by atoms with Gasteiger partial charge in [0.2, 0.25) is 0 Å². The number of aliphatic carboxylic acids is 1. The lowest BCUT2D eigenvalue weighted by Crippen LogP contribution is -2.53. The maximum absolute atomic E-state index is 11.4. The van der Waals surface area contributed by atoms with Gasteiger partial charge in [-0.3, -0.25) is 0 Å². The van der Waals surface area contributed by atoms with Crippen molar-refractivity contribution >= 4 is 20.1 Å². The Bertz CT molecular complexity index is 342. The fourth-order valence-corrected chi connectivity index (χ4v) is 5.58. The van der Waals surface area contributed by atoms with Crippen LogP contribution in [0.3, 0.4) is 0 Å². The average Bonchev–Trinajstić information content (AvgIpc) is 2.52. The van der Waals surface area contributed by atoms with Crippen LogP contribution in [-0.4, -0.2) is 37.4 Å². The molecular formula is C11H19NO4Si. The fraction of sp³-hybridized carbons (Fsp3) is 0.636. The molecule has 1 unspecified atom stereocenters. The summed E-state index contributed by atoms with van der Waals surface area (Å²) < 4.78 is 4.78. The van der Waals surface area contributed by atoms with Gasteiger partial charge in [-0.15, -0.1) is 0 Å². The molecule has 96 valence electrons. The number of hydrogen-bond donors (Lipinski definition) is 2. The van der Waals surface area contributed by atoms with Crippen molar-refractivity contribution in [2.75, 3.05) is 6.61 Å². The highest BCUT2D eigenvalue weighted by atomic mass is 28.3. The van der Waals surface area contributed by atoms with E-state index in [1.54, 1.807) is 0 Å². The van der Waals surface area contributed by atoms with Crippen molar-refractivity contribution in [1.82, 2.24) is 5.32 Å². The zero-order valence-electron chi connectivity index (χ0n) is 10.3. The summed E-state index contributed by atoms with van der Waals surface area (Å²) in [6, 6.07) is 1.46. The molecule has 0 aromatic rings. The van der Waals surface area contributed by atoms with E-state index in [9.17, 15) is 14.7 Å². The summed E-state index contributed by atoms with van der Waals surface area (Å²) in [5, 5.41) is 11.8. The number of carboxylic acid groups (broad SMARTS) is 1. The molecule has 2 N–H and O–H groups in total. The lowest BCUT2D eigenvalue weighted by molar-refractivity contribution is -0.143. The number of carbonyl (C=O) groups excluding carboxylic acids is 1. The third kappa shape index (κ3) is 3.32. The molecule has 1 heterocycles. The van der Waals surface area contributed by atoms with Crippen molar-refractivity contribution in [3.63, 3.8) is 0 Å². The standard InChI is InChI=1S/C11H19NO4Si/c1-4-6-16-10(15)12-11(9(13)14)5-7-17(2,3)8-11/h4H,1,5-8H2,2-3H3,(H,12,15)(H,13,14). The average molecular weight is 257 g/mol. The Kier molecular flexibility index (Phi) is 3.97. The zero-order chi connectivity index (χ0) is 13.1. The van der Waals surface area contributed by atoms with E-state index in [-0.39, 0.29) is 6.61 Å². The second-order valence-corrected chi connectivity index (χ2v) is 10.4. The number of carbonyl (C=O) groups is 2. The van der Waals surface area contributed by atoms with Gasteiger partial charge in [0, 0.05) is 0 Å². The maximum Gasteiger partial charge on any atom is 0.408 e. The summed E-state index contributed by atoms with van der Waals surface area (Å²) in [4.78, 5) is 22.8. The summed E-state index contributed by atoms with van der Waals surface area (Å²) in [6.45, 7) is 7.78. The highest BCUT2D eigenvalue weighted by Gasteiger charge is 2.50. The summed E-state index contributed by atoms with van der Waals surface area (Å²) in [5.41, 5.74) is -1.13. The summed E-state index contributed by atoms with van der Waals surface area (Å²) in [7, 11) is -1.51. The molecule has 17 heavy (non-hydrogen) atoms. The molecule has 1 fully saturated rings. The van der Waals surface area contributed by atoms with Gasteiger partial charge in [0.15, 0.2) is 0 Å². The smallest absolute Gasteiger partial charge is 0.408 e. The van der Waals surface area contributed by atoms with Crippen molar-refractivity contribution in [3.8, 4) is 0 Å². The minimum atomic E-state index is -1.51. The van der Waals surface area contributed by atoms with Crippen LogP contribution in [0.4, 0.5) is 4.79 Å². The van der Waals surface area contributed by atoms with E-state index >= 15 is 0 Å². The Morgan fingerprint density at radius 3 is 2.65 bits per heavy atom. The number of nitrogens with one attached hydrogen (secondary N) is 1. The topological polar surface area (TPSA) is 75.6 Å². The quantitative estimate of drug-likeness (QED) is 0.595. The van der Waals surface area contributed by atoms with Crippen LogP contribution in [0.1, 0.15) is 6.42 Å². The number of ether oxygens (including phenoxy) is 1. The highest BCUT2D eigenvalue weighted by Crippen LogP contribution is 2.38. The lowest BCUT2D eigenvalue weighted by atomic mass is 10.00. The van der Waals surface area contributed by atoms with Gasteiger partial charge < -0.3 is 15.2 Å². The van der Waals surface area contributed by atoms with E-state index < -0.39 is 25.7 Å². The van der Waals surface area contributed by atoms with E-state index in [1.165, 1.54) is 6.08 Å². The molecule has 0 aromatic heterocycles. The first-order valence-corrected chi connectivity index (χ1v) is 9.02. The van der Waals surface area contributed by atoms with Gasteiger partial charge in [-0.2, -0.15) is 0 Å². The molecule has 1 aliphatic heterocycles. The number of hydrogen-bond acceptors (Lipinski definition) is 3. The summed E-state index contributed by atoms with van der Waals surface area (Å²) in [6.07, 6.45) is 1.25. The van der Waals surface area contributed by atoms with Crippen molar-refractivity contribution < 1.29 is 19.4 Å². The minimum absolute atomic E-state index is 0.0857. The highest BCUT2D eigenvalue weighted by molar-refractivity contribution is 6.78. The molecular weight excluding hydrogens is 238 g/mol. The molecule has 5 nitrogen and oxygen atoms in total. The van der Waals surface area contributed by atoms with E-state index in [0.29, 0.717) is 12.5 Å². The number of alkyl carbamates (subject to hydrolysis) is 1. The molecule has 1 amide bonds. The lowest BCUT2D eigenvalue weighted by Gasteiger charge is -2.26. The Balaban J connectivity index is 2.71. The zero-order valence-corrected chi connectivity index (χ0v) is 11.3. The van der Waals surface area contributed by atoms with Crippen LogP contribution in [0.2, 0.25) is 25.2 Å². The molecule has 0 aromatic carbocycles. The molecule has 0 spiro atoms. The molecule has 6 heteroatoms. The largest absolute Gasteiger partial charge is 0.480 e. The van der Waals surface area contributed by atoms with Crippen molar-refractivity contribution in [3.05, 3.63) is 12.7 Å². The number of carboxylic acids is 1. The molecule has 0 radical (unpaired) electrons. The van der Waals surface area contributed by atoms with Crippen LogP contribution in [0.25, 0.3) is 0 Å². The van der Waals surface area contributed by atoms with Crippen molar-refractivity contribution in [2.24, 2.45) is 0 Å². The third-order valence-corrected chi connectivity index (χ3v) is 6.26. The van der Waals surface area contributed by atoms with Crippen LogP contribution >= 0.6 is 0 Å². The van der Waals surface area contributed by atoms with E-state index in [0.717, 1.165) is 6.04 Å². The number of rotatable bonds is 4. The van der Waals surface area contributed by atoms with Gasteiger partial charge in [-0.05, 0) is 12.5 Å². The normalized spacial score (nSPS) is 26.2. The molecule has 1 atom stereocenters. The molecule has 1 aliphatic rings. The predicted molar refractivity (Wildman–Crippen MR) is 66.8 cm³/mol. The molecule has 0 saturated carbocycles. The summed E-state index contributed by atoms with van der Waals surface area (Å²) in [5.74, 6) is -0.967. The Morgan fingerprint density at radius 1 is 1.59 bits per heavy atom. The van der Waals surface area contributed by atoms with Gasteiger partial charge >= 0.3 is 12.1 Å². The first kappa shape index (κ1) is 13.8. The third-order valence-electron chi connectivity index (χ3n) is 3.09. The maximum atomic E-state index is 11.4. The van der Waals surface area contributed by atoms with Crippen LogP contribution in [0, 0.1) is 0 Å². The van der Waals surface area contributed by atoms with Crippen molar-refractivity contribution in [2.45, 2.75) is 37.1 Å². The molecule has 0 aliphatic carbocycles. The summed E-state index contributed by atoms with van der Waals surface area (Å²) >= 11 is 0. The second kappa shape index (κ2) is 4.91. The molecule has 0 bridgehead atoms. The van der Waals surface area contributed by atoms with Crippen LogP contribution in [0.15, 0.2) is 12.7 Å². The van der Waals surface area contributed by atoms with Gasteiger partial charge in [-0.25, -0.2) is 9.59 Å². The van der Waals surface area contributed by atoms with Gasteiger partial charge in [0.25, 0.3) is 0 Å².